The third-order valence-corrected chi connectivity index (χ3v) is 5.80. The Labute approximate surface area is 179 Å². The molecule has 9 heteroatoms. The monoisotopic (exact) mass is 414 g/mol. The average molecular weight is 414 g/mol. The van der Waals surface area contributed by atoms with Gasteiger partial charge in [0.2, 0.25) is 5.82 Å². The number of hydrogen-bond acceptors (Lipinski definition) is 9. The van der Waals surface area contributed by atoms with Gasteiger partial charge in [-0.2, -0.15) is 0 Å². The first kappa shape index (κ1) is 19.1. The fourth-order valence-electron chi connectivity index (χ4n) is 4.26. The number of phenolic OH excluding ortho intramolecular Hbond substituents is 1. The topological polar surface area (TPSA) is 130 Å². The summed E-state index contributed by atoms with van der Waals surface area (Å²) in [5.41, 5.74) is 13.7. The van der Waals surface area contributed by atoms with E-state index in [-0.39, 0.29) is 12.3 Å². The molecule has 2 atom stereocenters. The van der Waals surface area contributed by atoms with Crippen LogP contribution in [0.2, 0.25) is 0 Å². The summed E-state index contributed by atoms with van der Waals surface area (Å²) in [5, 5.41) is 18.5. The Kier molecular flexibility index (Phi) is 4.76. The maximum atomic E-state index is 10.2. The molecule has 2 aliphatic heterocycles. The molecule has 2 fully saturated rings. The third-order valence-electron chi connectivity index (χ3n) is 5.80. The highest BCUT2D eigenvalue weighted by Gasteiger charge is 2.46. The van der Waals surface area contributed by atoms with E-state index in [0.29, 0.717) is 34.9 Å². The zero-order valence-electron chi connectivity index (χ0n) is 16.8. The molecule has 0 spiro atoms. The minimum absolute atomic E-state index is 0.165. The van der Waals surface area contributed by atoms with Gasteiger partial charge in [0, 0.05) is 37.3 Å². The first-order chi connectivity index (χ1) is 15.1. The highest BCUT2D eigenvalue weighted by Crippen LogP contribution is 2.41. The van der Waals surface area contributed by atoms with Crippen molar-refractivity contribution in [1.29, 1.82) is 0 Å². The number of benzene rings is 1. The number of aromatic nitrogens is 4. The van der Waals surface area contributed by atoms with E-state index in [0.717, 1.165) is 31.1 Å². The molecular formula is C22H22N8O. The van der Waals surface area contributed by atoms with Crippen molar-refractivity contribution >= 4 is 17.3 Å². The Hall–Kier alpha value is -3.90. The third kappa shape index (κ3) is 3.47. The SMILES string of the molecule is NCC#Cc1nccc(N2CC3CN(c4cc(-c5ccccc5O)nnc4N)C3C2)n1. The molecule has 2 aliphatic rings. The number of aromatic hydroxyl groups is 1. The molecule has 2 aromatic heterocycles. The maximum absolute atomic E-state index is 10.2. The molecule has 0 saturated carbocycles. The van der Waals surface area contributed by atoms with Gasteiger partial charge in [0.1, 0.15) is 11.6 Å². The van der Waals surface area contributed by atoms with Crippen LogP contribution in [0.5, 0.6) is 5.75 Å². The van der Waals surface area contributed by atoms with Gasteiger partial charge in [0.25, 0.3) is 0 Å². The molecule has 31 heavy (non-hydrogen) atoms. The van der Waals surface area contributed by atoms with Crippen LogP contribution in [-0.4, -0.2) is 57.5 Å². The Balaban J connectivity index is 1.37. The number of para-hydroxylation sites is 1. The summed E-state index contributed by atoms with van der Waals surface area (Å²) >= 11 is 0. The van der Waals surface area contributed by atoms with E-state index in [2.05, 4.69) is 41.8 Å². The van der Waals surface area contributed by atoms with E-state index in [1.807, 2.05) is 24.3 Å². The van der Waals surface area contributed by atoms with Crippen molar-refractivity contribution in [2.45, 2.75) is 6.04 Å². The second-order valence-corrected chi connectivity index (χ2v) is 7.65. The summed E-state index contributed by atoms with van der Waals surface area (Å²) in [4.78, 5) is 13.3. The Morgan fingerprint density at radius 3 is 2.84 bits per heavy atom. The molecule has 0 amide bonds. The molecular weight excluding hydrogens is 392 g/mol. The van der Waals surface area contributed by atoms with Crippen LogP contribution in [0.1, 0.15) is 5.82 Å². The van der Waals surface area contributed by atoms with Crippen LogP contribution in [0.4, 0.5) is 17.3 Å². The van der Waals surface area contributed by atoms with Crippen LogP contribution < -0.4 is 21.3 Å². The molecule has 1 aromatic carbocycles. The van der Waals surface area contributed by atoms with Crippen molar-refractivity contribution in [3.05, 3.63) is 48.4 Å². The largest absolute Gasteiger partial charge is 0.507 e. The Morgan fingerprint density at radius 2 is 2.00 bits per heavy atom. The van der Waals surface area contributed by atoms with Crippen molar-refractivity contribution in [3.63, 3.8) is 0 Å². The van der Waals surface area contributed by atoms with E-state index in [9.17, 15) is 5.11 Å². The van der Waals surface area contributed by atoms with Crippen LogP contribution in [0, 0.1) is 17.8 Å². The van der Waals surface area contributed by atoms with Crippen LogP contribution in [-0.2, 0) is 0 Å². The highest BCUT2D eigenvalue weighted by molar-refractivity contribution is 5.75. The Morgan fingerprint density at radius 1 is 1.13 bits per heavy atom. The summed E-state index contributed by atoms with van der Waals surface area (Å²) in [6, 6.07) is 11.2. The molecule has 5 N–H and O–H groups in total. The van der Waals surface area contributed by atoms with E-state index >= 15 is 0 Å². The molecule has 4 heterocycles. The van der Waals surface area contributed by atoms with Gasteiger partial charge >= 0.3 is 0 Å². The van der Waals surface area contributed by atoms with E-state index in [1.54, 1.807) is 18.3 Å². The van der Waals surface area contributed by atoms with Crippen LogP contribution >= 0.6 is 0 Å². The minimum Gasteiger partial charge on any atom is -0.507 e. The normalized spacial score (nSPS) is 19.4. The number of rotatable bonds is 3. The summed E-state index contributed by atoms with van der Waals surface area (Å²) < 4.78 is 0. The van der Waals surface area contributed by atoms with E-state index in [4.69, 9.17) is 11.5 Å². The molecule has 2 unspecified atom stereocenters. The summed E-state index contributed by atoms with van der Waals surface area (Å²) in [6.07, 6.45) is 1.73. The lowest BCUT2D eigenvalue weighted by Crippen LogP contribution is -2.56. The lowest BCUT2D eigenvalue weighted by Gasteiger charge is -2.45. The highest BCUT2D eigenvalue weighted by atomic mass is 16.3. The first-order valence-corrected chi connectivity index (χ1v) is 10.1. The van der Waals surface area contributed by atoms with Crippen molar-refractivity contribution in [2.75, 3.05) is 41.7 Å². The zero-order valence-corrected chi connectivity index (χ0v) is 16.8. The van der Waals surface area contributed by atoms with Crippen LogP contribution in [0.25, 0.3) is 11.3 Å². The standard InChI is InChI=1S/C22H22N8O/c23-8-3-6-20-25-9-7-21(26-20)29-11-14-12-30(18(14)13-29)17-10-16(27-28-22(17)24)15-4-1-2-5-19(15)31/h1-2,4-5,7,9-10,14,18,31H,8,11-13,23H2,(H2,24,28). The first-order valence-electron chi connectivity index (χ1n) is 10.1. The molecule has 0 radical (unpaired) electrons. The van der Waals surface area contributed by atoms with Crippen molar-refractivity contribution in [3.8, 4) is 28.8 Å². The van der Waals surface area contributed by atoms with Gasteiger partial charge in [-0.3, -0.25) is 0 Å². The van der Waals surface area contributed by atoms with Crippen molar-refractivity contribution < 1.29 is 5.11 Å². The van der Waals surface area contributed by atoms with Gasteiger partial charge in [0.15, 0.2) is 5.82 Å². The number of fused-ring (bicyclic) bond motifs is 1. The van der Waals surface area contributed by atoms with Gasteiger partial charge in [-0.15, -0.1) is 10.2 Å². The molecule has 5 rings (SSSR count). The minimum atomic E-state index is 0.165. The molecule has 3 aromatic rings. The van der Waals surface area contributed by atoms with Gasteiger partial charge < -0.3 is 26.4 Å². The second-order valence-electron chi connectivity index (χ2n) is 7.65. The molecule has 156 valence electrons. The number of nitrogens with zero attached hydrogens (tertiary/aromatic N) is 6. The predicted octanol–water partition coefficient (Wildman–Crippen LogP) is 0.857. The fourth-order valence-corrected chi connectivity index (χ4v) is 4.26. The van der Waals surface area contributed by atoms with Gasteiger partial charge in [0.05, 0.1) is 24.0 Å². The lowest BCUT2D eigenvalue weighted by atomic mass is 9.91. The van der Waals surface area contributed by atoms with Crippen LogP contribution in [0.15, 0.2) is 42.6 Å². The summed E-state index contributed by atoms with van der Waals surface area (Å²) in [7, 11) is 0. The molecule has 9 nitrogen and oxygen atoms in total. The van der Waals surface area contributed by atoms with E-state index < -0.39 is 0 Å². The second kappa shape index (κ2) is 7.74. The maximum Gasteiger partial charge on any atom is 0.206 e. The number of anilines is 3. The average Bonchev–Trinajstić information content (AvgIpc) is 3.11. The number of nitrogen functional groups attached to an aromatic ring is 1. The Bertz CT molecular complexity index is 1190. The summed E-state index contributed by atoms with van der Waals surface area (Å²) in [6.45, 7) is 2.88. The number of hydrogen-bond donors (Lipinski definition) is 3. The number of phenols is 1. The fraction of sp³-hybridized carbons (Fsp3) is 0.273. The summed E-state index contributed by atoms with van der Waals surface area (Å²) in [5.74, 6) is 8.08. The number of nitrogens with two attached hydrogens (primary N) is 2. The van der Waals surface area contributed by atoms with Crippen molar-refractivity contribution in [1.82, 2.24) is 20.2 Å². The molecule has 0 aliphatic carbocycles. The quantitative estimate of drug-likeness (QED) is 0.534. The van der Waals surface area contributed by atoms with E-state index in [1.165, 1.54) is 0 Å². The predicted molar refractivity (Wildman–Crippen MR) is 118 cm³/mol. The van der Waals surface area contributed by atoms with Crippen molar-refractivity contribution in [2.24, 2.45) is 11.7 Å². The van der Waals surface area contributed by atoms with Gasteiger partial charge in [-0.25, -0.2) is 9.97 Å². The molecule has 0 bridgehead atoms. The smallest absolute Gasteiger partial charge is 0.206 e. The zero-order chi connectivity index (χ0) is 21.4. The molecule has 2 saturated heterocycles. The van der Waals surface area contributed by atoms with Crippen LogP contribution in [0.3, 0.4) is 0 Å². The van der Waals surface area contributed by atoms with Gasteiger partial charge in [-0.05, 0) is 30.2 Å². The lowest BCUT2D eigenvalue weighted by molar-refractivity contribution is 0.366. The van der Waals surface area contributed by atoms with Gasteiger partial charge in [-0.1, -0.05) is 18.1 Å².